The van der Waals surface area contributed by atoms with Gasteiger partial charge < -0.3 is 10.4 Å². The molecule has 1 aliphatic carbocycles. The van der Waals surface area contributed by atoms with E-state index in [0.29, 0.717) is 6.04 Å². The maximum atomic E-state index is 9.16. The van der Waals surface area contributed by atoms with Gasteiger partial charge in [0.2, 0.25) is 0 Å². The Bertz CT molecular complexity index is 139. The zero-order chi connectivity index (χ0) is 10.4. The zero-order valence-corrected chi connectivity index (χ0v) is 9.63. The molecule has 1 fully saturated rings. The minimum atomic E-state index is -0.205. The molecule has 2 N–H and O–H groups in total. The van der Waals surface area contributed by atoms with Gasteiger partial charge in [-0.1, -0.05) is 19.8 Å². The summed E-state index contributed by atoms with van der Waals surface area (Å²) in [6, 6.07) is 0.665. The maximum absolute atomic E-state index is 9.16. The highest BCUT2D eigenvalue weighted by atomic mass is 16.3. The Labute approximate surface area is 88.1 Å². The van der Waals surface area contributed by atoms with Crippen molar-refractivity contribution in [1.29, 1.82) is 0 Å². The van der Waals surface area contributed by atoms with Gasteiger partial charge in [0, 0.05) is 12.6 Å². The lowest BCUT2D eigenvalue weighted by molar-refractivity contribution is 0.176. The van der Waals surface area contributed by atoms with Crippen molar-refractivity contribution in [3.8, 4) is 0 Å². The summed E-state index contributed by atoms with van der Waals surface area (Å²) < 4.78 is 0. The van der Waals surface area contributed by atoms with Gasteiger partial charge in [0.15, 0.2) is 0 Å². The lowest BCUT2D eigenvalue weighted by Gasteiger charge is -2.29. The van der Waals surface area contributed by atoms with Crippen LogP contribution in [0.1, 0.15) is 52.4 Å². The maximum Gasteiger partial charge on any atom is 0.0636 e. The second kappa shape index (κ2) is 6.41. The minimum Gasteiger partial charge on any atom is -0.392 e. The molecule has 0 aromatic heterocycles. The minimum absolute atomic E-state index is 0.205. The summed E-state index contributed by atoms with van der Waals surface area (Å²) in [4.78, 5) is 0. The van der Waals surface area contributed by atoms with Crippen molar-refractivity contribution in [2.75, 3.05) is 6.54 Å². The van der Waals surface area contributed by atoms with Crippen molar-refractivity contribution in [3.05, 3.63) is 0 Å². The van der Waals surface area contributed by atoms with Gasteiger partial charge in [0.1, 0.15) is 0 Å². The van der Waals surface area contributed by atoms with Crippen LogP contribution >= 0.6 is 0 Å². The van der Waals surface area contributed by atoms with E-state index in [1.54, 1.807) is 0 Å². The molecule has 1 atom stereocenters. The molecule has 0 saturated heterocycles. The standard InChI is InChI=1S/C12H25NO/c1-3-4-11-5-7-12(8-6-11)13-9-10(2)14/h10-14H,3-9H2,1-2H3/t10-,11?,12?/m1/s1. The van der Waals surface area contributed by atoms with E-state index in [9.17, 15) is 0 Å². The van der Waals surface area contributed by atoms with Crippen molar-refractivity contribution < 1.29 is 5.11 Å². The number of aliphatic hydroxyl groups excluding tert-OH is 1. The van der Waals surface area contributed by atoms with E-state index in [0.717, 1.165) is 12.5 Å². The summed E-state index contributed by atoms with van der Waals surface area (Å²) in [6.07, 6.45) is 7.90. The monoisotopic (exact) mass is 199 g/mol. The normalized spacial score (nSPS) is 30.2. The van der Waals surface area contributed by atoms with Crippen LogP contribution in [0.3, 0.4) is 0 Å². The first-order valence-corrected chi connectivity index (χ1v) is 6.13. The van der Waals surface area contributed by atoms with Crippen LogP contribution in [0.25, 0.3) is 0 Å². The van der Waals surface area contributed by atoms with Crippen LogP contribution in [0.15, 0.2) is 0 Å². The fraction of sp³-hybridized carbons (Fsp3) is 1.00. The van der Waals surface area contributed by atoms with E-state index in [4.69, 9.17) is 5.11 Å². The Hall–Kier alpha value is -0.0800. The number of hydrogen-bond acceptors (Lipinski definition) is 2. The molecule has 0 aliphatic heterocycles. The number of aliphatic hydroxyl groups is 1. The Morgan fingerprint density at radius 3 is 2.43 bits per heavy atom. The van der Waals surface area contributed by atoms with Gasteiger partial charge >= 0.3 is 0 Å². The topological polar surface area (TPSA) is 32.3 Å². The SMILES string of the molecule is CCCC1CCC(NC[C@@H](C)O)CC1. The predicted molar refractivity (Wildman–Crippen MR) is 60.3 cm³/mol. The quantitative estimate of drug-likeness (QED) is 0.712. The first-order chi connectivity index (χ1) is 6.72. The van der Waals surface area contributed by atoms with Crippen molar-refractivity contribution >= 4 is 0 Å². The molecular formula is C12H25NO. The molecule has 1 aliphatic rings. The Kier molecular flexibility index (Phi) is 5.49. The van der Waals surface area contributed by atoms with Crippen molar-refractivity contribution in [2.45, 2.75) is 64.5 Å². The fourth-order valence-corrected chi connectivity index (χ4v) is 2.40. The van der Waals surface area contributed by atoms with E-state index in [1.807, 2.05) is 6.92 Å². The summed E-state index contributed by atoms with van der Waals surface area (Å²) in [5.74, 6) is 0.976. The lowest BCUT2D eigenvalue weighted by atomic mass is 9.83. The molecule has 2 heteroatoms. The largest absolute Gasteiger partial charge is 0.392 e. The van der Waals surface area contributed by atoms with Gasteiger partial charge in [-0.05, 0) is 38.5 Å². The van der Waals surface area contributed by atoms with Crippen LogP contribution in [0.2, 0.25) is 0 Å². The van der Waals surface area contributed by atoms with Crippen molar-refractivity contribution in [2.24, 2.45) is 5.92 Å². The first-order valence-electron chi connectivity index (χ1n) is 6.13. The molecule has 14 heavy (non-hydrogen) atoms. The van der Waals surface area contributed by atoms with Gasteiger partial charge in [-0.25, -0.2) is 0 Å². The van der Waals surface area contributed by atoms with Gasteiger partial charge in [-0.2, -0.15) is 0 Å². The molecular weight excluding hydrogens is 174 g/mol. The van der Waals surface area contributed by atoms with Gasteiger partial charge in [0.05, 0.1) is 6.10 Å². The number of rotatable bonds is 5. The van der Waals surface area contributed by atoms with Gasteiger partial charge in [0.25, 0.3) is 0 Å². The van der Waals surface area contributed by atoms with Gasteiger partial charge in [-0.3, -0.25) is 0 Å². The number of nitrogens with one attached hydrogen (secondary N) is 1. The van der Waals surface area contributed by atoms with Crippen molar-refractivity contribution in [3.63, 3.8) is 0 Å². The predicted octanol–water partition coefficient (Wildman–Crippen LogP) is 2.32. The Balaban J connectivity index is 2.09. The van der Waals surface area contributed by atoms with Crippen LogP contribution in [0.4, 0.5) is 0 Å². The average Bonchev–Trinajstić information content (AvgIpc) is 2.17. The third kappa shape index (κ3) is 4.43. The molecule has 0 unspecified atom stereocenters. The molecule has 0 aromatic rings. The second-order valence-electron chi connectivity index (χ2n) is 4.76. The smallest absolute Gasteiger partial charge is 0.0636 e. The summed E-state index contributed by atoms with van der Waals surface area (Å²) in [5, 5.41) is 12.6. The molecule has 0 bridgehead atoms. The highest BCUT2D eigenvalue weighted by molar-refractivity contribution is 4.77. The molecule has 1 rings (SSSR count). The van der Waals surface area contributed by atoms with E-state index in [1.165, 1.54) is 38.5 Å². The Morgan fingerprint density at radius 1 is 1.29 bits per heavy atom. The average molecular weight is 199 g/mol. The van der Waals surface area contributed by atoms with Crippen molar-refractivity contribution in [1.82, 2.24) is 5.32 Å². The van der Waals surface area contributed by atoms with E-state index in [2.05, 4.69) is 12.2 Å². The molecule has 0 amide bonds. The molecule has 2 nitrogen and oxygen atoms in total. The molecule has 0 radical (unpaired) electrons. The first kappa shape index (κ1) is 12.0. The van der Waals surface area contributed by atoms with E-state index in [-0.39, 0.29) is 6.10 Å². The van der Waals surface area contributed by atoms with Crippen LogP contribution in [0.5, 0.6) is 0 Å². The summed E-state index contributed by atoms with van der Waals surface area (Å²) in [6.45, 7) is 4.87. The second-order valence-corrected chi connectivity index (χ2v) is 4.76. The zero-order valence-electron chi connectivity index (χ0n) is 9.63. The summed E-state index contributed by atoms with van der Waals surface area (Å²) >= 11 is 0. The lowest BCUT2D eigenvalue weighted by Crippen LogP contribution is -2.37. The highest BCUT2D eigenvalue weighted by Gasteiger charge is 2.19. The third-order valence-corrected chi connectivity index (χ3v) is 3.25. The Morgan fingerprint density at radius 2 is 1.93 bits per heavy atom. The molecule has 0 aromatic carbocycles. The van der Waals surface area contributed by atoms with Crippen LogP contribution in [-0.2, 0) is 0 Å². The molecule has 84 valence electrons. The fourth-order valence-electron chi connectivity index (χ4n) is 2.40. The van der Waals surface area contributed by atoms with Gasteiger partial charge in [-0.15, -0.1) is 0 Å². The highest BCUT2D eigenvalue weighted by Crippen LogP contribution is 2.27. The summed E-state index contributed by atoms with van der Waals surface area (Å²) in [5.41, 5.74) is 0. The molecule has 0 heterocycles. The van der Waals surface area contributed by atoms with E-state index < -0.39 is 0 Å². The van der Waals surface area contributed by atoms with Crippen LogP contribution < -0.4 is 5.32 Å². The molecule has 0 spiro atoms. The molecule has 1 saturated carbocycles. The van der Waals surface area contributed by atoms with E-state index >= 15 is 0 Å². The third-order valence-electron chi connectivity index (χ3n) is 3.25. The number of hydrogen-bond donors (Lipinski definition) is 2. The van der Waals surface area contributed by atoms with Crippen LogP contribution in [-0.4, -0.2) is 23.8 Å². The van der Waals surface area contributed by atoms with Crippen LogP contribution in [0, 0.1) is 5.92 Å². The summed E-state index contributed by atoms with van der Waals surface area (Å²) in [7, 11) is 0.